The van der Waals surface area contributed by atoms with Gasteiger partial charge in [-0.3, -0.25) is 10.3 Å². The van der Waals surface area contributed by atoms with Gasteiger partial charge >= 0.3 is 6.09 Å². The monoisotopic (exact) mass is 577 g/mol. The second-order valence-corrected chi connectivity index (χ2v) is 11.9. The van der Waals surface area contributed by atoms with Crippen LogP contribution in [0.2, 0.25) is 0 Å². The number of carbonyl (C=O) groups is 1. The maximum atomic E-state index is 15.0. The molecule has 0 atom stereocenters. The number of amides is 1. The number of piperidine rings is 1. The Morgan fingerprint density at radius 1 is 0.976 bits per heavy atom. The molecule has 0 bridgehead atoms. The van der Waals surface area contributed by atoms with E-state index < -0.39 is 22.8 Å². The summed E-state index contributed by atoms with van der Waals surface area (Å²) in [6.07, 6.45) is 7.02. The minimum atomic E-state index is -1.28. The third kappa shape index (κ3) is 6.43. The van der Waals surface area contributed by atoms with E-state index >= 15 is 4.39 Å². The van der Waals surface area contributed by atoms with Gasteiger partial charge in [0, 0.05) is 42.6 Å². The molecular formula is C30H33F2N7O3. The minimum absolute atomic E-state index is 0.0271. The van der Waals surface area contributed by atoms with Gasteiger partial charge in [-0.1, -0.05) is 0 Å². The first-order valence-electron chi connectivity index (χ1n) is 13.7. The number of anilines is 2. The molecule has 4 heterocycles. The summed E-state index contributed by atoms with van der Waals surface area (Å²) >= 11 is 0. The van der Waals surface area contributed by atoms with Crippen LogP contribution >= 0.6 is 0 Å². The molecule has 2 N–H and O–H groups in total. The van der Waals surface area contributed by atoms with Crippen molar-refractivity contribution >= 4 is 28.9 Å². The molecule has 1 aromatic carbocycles. The lowest BCUT2D eigenvalue weighted by Gasteiger charge is -2.33. The molecule has 3 aromatic heterocycles. The zero-order valence-corrected chi connectivity index (χ0v) is 24.2. The first-order chi connectivity index (χ1) is 19.8. The third-order valence-electron chi connectivity index (χ3n) is 6.99. The molecule has 4 aromatic rings. The topological polar surface area (TPSA) is 126 Å². The molecule has 10 nitrogen and oxygen atoms in total. The summed E-state index contributed by atoms with van der Waals surface area (Å²) in [6, 6.07) is 4.30. The molecule has 0 saturated carbocycles. The molecule has 0 radical (unpaired) electrons. The van der Waals surface area contributed by atoms with Gasteiger partial charge < -0.3 is 14.7 Å². The number of halogens is 2. The van der Waals surface area contributed by atoms with Gasteiger partial charge in [0.15, 0.2) is 5.82 Å². The van der Waals surface area contributed by atoms with Crippen molar-refractivity contribution in [2.75, 3.05) is 18.4 Å². The molecule has 0 spiro atoms. The van der Waals surface area contributed by atoms with Crippen LogP contribution in [0.1, 0.15) is 64.5 Å². The van der Waals surface area contributed by atoms with Crippen LogP contribution < -0.4 is 5.32 Å². The van der Waals surface area contributed by atoms with E-state index in [0.717, 1.165) is 30.7 Å². The van der Waals surface area contributed by atoms with E-state index in [4.69, 9.17) is 4.74 Å². The van der Waals surface area contributed by atoms with Gasteiger partial charge in [-0.15, -0.1) is 0 Å². The summed E-state index contributed by atoms with van der Waals surface area (Å²) in [5.41, 5.74) is -0.332. The van der Waals surface area contributed by atoms with Gasteiger partial charge in [0.25, 0.3) is 0 Å². The Hall–Kier alpha value is -4.32. The standard InChI is InChI=1S/C30H33F2N7O3/c1-29(2,3)42-28(40)39-10-7-17(8-11-39)19-14-34-26(35-15-19)38-27-36-16-23(32)24(37-27)18-12-20-21(30(4,5)41)6-9-33-25(20)22(31)13-18/h6,9,12-17,41H,7-8,10-11H2,1-5H3,(H,34,35,36,37,38). The van der Waals surface area contributed by atoms with Crippen LogP contribution in [0.4, 0.5) is 25.5 Å². The second kappa shape index (κ2) is 11.2. The number of pyridine rings is 1. The second-order valence-electron chi connectivity index (χ2n) is 11.9. The van der Waals surface area contributed by atoms with Gasteiger partial charge in [0.1, 0.15) is 22.6 Å². The largest absolute Gasteiger partial charge is 0.444 e. The number of rotatable bonds is 5. The Morgan fingerprint density at radius 3 is 2.29 bits per heavy atom. The minimum Gasteiger partial charge on any atom is -0.444 e. The normalized spacial score (nSPS) is 14.7. The van der Waals surface area contributed by atoms with Crippen LogP contribution in [0.25, 0.3) is 22.2 Å². The van der Waals surface area contributed by atoms with Crippen molar-refractivity contribution in [3.63, 3.8) is 0 Å². The van der Waals surface area contributed by atoms with Gasteiger partial charge in [0.05, 0.1) is 11.8 Å². The predicted octanol–water partition coefficient (Wildman–Crippen LogP) is 5.85. The number of nitrogens with zero attached hydrogens (tertiary/aromatic N) is 6. The smallest absolute Gasteiger partial charge is 0.410 e. The Balaban J connectivity index is 1.31. The van der Waals surface area contributed by atoms with E-state index in [0.29, 0.717) is 24.0 Å². The van der Waals surface area contributed by atoms with Gasteiger partial charge in [-0.25, -0.2) is 33.5 Å². The summed E-state index contributed by atoms with van der Waals surface area (Å²) in [4.78, 5) is 35.1. The number of benzene rings is 1. The average molecular weight is 578 g/mol. The number of ether oxygens (including phenoxy) is 1. The van der Waals surface area contributed by atoms with Crippen LogP contribution in [-0.4, -0.2) is 59.7 Å². The Morgan fingerprint density at radius 2 is 1.64 bits per heavy atom. The molecular weight excluding hydrogens is 544 g/mol. The molecule has 1 aliphatic heterocycles. The van der Waals surface area contributed by atoms with Gasteiger partial charge in [-0.05, 0) is 82.7 Å². The van der Waals surface area contributed by atoms with Crippen LogP contribution in [0, 0.1) is 11.6 Å². The van der Waals surface area contributed by atoms with Gasteiger partial charge in [-0.2, -0.15) is 0 Å². The number of likely N-dealkylation sites (tertiary alicyclic amines) is 1. The Labute approximate surface area is 242 Å². The molecule has 42 heavy (non-hydrogen) atoms. The fourth-order valence-corrected chi connectivity index (χ4v) is 4.95. The number of aromatic nitrogens is 5. The molecule has 1 amide bonds. The van der Waals surface area contributed by atoms with E-state index in [2.05, 4.69) is 30.2 Å². The highest BCUT2D eigenvalue weighted by Crippen LogP contribution is 2.33. The van der Waals surface area contributed by atoms with E-state index in [1.165, 1.54) is 6.20 Å². The van der Waals surface area contributed by atoms with Crippen LogP contribution in [0.5, 0.6) is 0 Å². The fourth-order valence-electron chi connectivity index (χ4n) is 4.95. The number of fused-ring (bicyclic) bond motifs is 1. The van der Waals surface area contributed by atoms with E-state index in [1.807, 2.05) is 20.8 Å². The van der Waals surface area contributed by atoms with Crippen LogP contribution in [-0.2, 0) is 10.3 Å². The summed E-state index contributed by atoms with van der Waals surface area (Å²) in [5, 5.41) is 13.8. The molecule has 1 aliphatic rings. The SMILES string of the molecule is CC(C)(C)OC(=O)N1CCC(c2cnc(Nc3ncc(F)c(-c4cc(F)c5nccc(C(C)(C)O)c5c4)n3)nc2)CC1. The molecule has 5 rings (SSSR count). The maximum Gasteiger partial charge on any atom is 0.410 e. The van der Waals surface area contributed by atoms with Crippen LogP contribution in [0.3, 0.4) is 0 Å². The molecule has 12 heteroatoms. The van der Waals surface area contributed by atoms with Crippen molar-refractivity contribution in [3.8, 4) is 11.3 Å². The Kier molecular flexibility index (Phi) is 7.76. The molecule has 220 valence electrons. The van der Waals surface area contributed by atoms with Crippen molar-refractivity contribution in [2.45, 2.75) is 64.6 Å². The summed E-state index contributed by atoms with van der Waals surface area (Å²) < 4.78 is 35.4. The number of nitrogens with one attached hydrogen (secondary N) is 1. The van der Waals surface area contributed by atoms with Crippen molar-refractivity contribution in [3.05, 3.63) is 65.7 Å². The molecule has 0 aliphatic carbocycles. The van der Waals surface area contributed by atoms with Crippen molar-refractivity contribution in [2.24, 2.45) is 0 Å². The lowest BCUT2D eigenvalue weighted by Crippen LogP contribution is -2.41. The van der Waals surface area contributed by atoms with Gasteiger partial charge in [0.2, 0.25) is 11.9 Å². The molecule has 0 unspecified atom stereocenters. The quantitative estimate of drug-likeness (QED) is 0.301. The lowest BCUT2D eigenvalue weighted by molar-refractivity contribution is 0.0204. The number of hydrogen-bond acceptors (Lipinski definition) is 9. The van der Waals surface area contributed by atoms with Crippen molar-refractivity contribution < 1.29 is 23.4 Å². The summed E-state index contributed by atoms with van der Waals surface area (Å²) in [6.45, 7) is 9.85. The molecule has 1 saturated heterocycles. The molecule has 1 fully saturated rings. The fraction of sp³-hybridized carbons (Fsp3) is 0.400. The highest BCUT2D eigenvalue weighted by atomic mass is 19.1. The van der Waals surface area contributed by atoms with E-state index in [-0.39, 0.29) is 40.7 Å². The summed E-state index contributed by atoms with van der Waals surface area (Å²) in [7, 11) is 0. The first-order valence-corrected chi connectivity index (χ1v) is 13.7. The zero-order chi connectivity index (χ0) is 30.2. The average Bonchev–Trinajstić information content (AvgIpc) is 2.93. The first kappa shape index (κ1) is 29.2. The van der Waals surface area contributed by atoms with E-state index in [1.54, 1.807) is 43.3 Å². The highest BCUT2D eigenvalue weighted by Gasteiger charge is 2.28. The highest BCUT2D eigenvalue weighted by molar-refractivity contribution is 5.88. The van der Waals surface area contributed by atoms with Crippen molar-refractivity contribution in [1.29, 1.82) is 0 Å². The Bertz CT molecular complexity index is 1610. The lowest BCUT2D eigenvalue weighted by atomic mass is 9.91. The number of hydrogen-bond donors (Lipinski definition) is 2. The zero-order valence-electron chi connectivity index (χ0n) is 24.2. The number of carbonyl (C=O) groups excluding carboxylic acids is 1. The van der Waals surface area contributed by atoms with Crippen LogP contribution in [0.15, 0.2) is 43.0 Å². The number of aliphatic hydroxyl groups is 1. The third-order valence-corrected chi connectivity index (χ3v) is 6.99. The van der Waals surface area contributed by atoms with E-state index in [9.17, 15) is 14.3 Å². The van der Waals surface area contributed by atoms with Crippen molar-refractivity contribution in [1.82, 2.24) is 29.8 Å². The predicted molar refractivity (Wildman–Crippen MR) is 153 cm³/mol. The summed E-state index contributed by atoms with van der Waals surface area (Å²) in [5.74, 6) is -0.989. The maximum absolute atomic E-state index is 15.0.